The summed E-state index contributed by atoms with van der Waals surface area (Å²) in [5.74, 6) is 0.0523. The lowest BCUT2D eigenvalue weighted by Crippen LogP contribution is -2.57. The summed E-state index contributed by atoms with van der Waals surface area (Å²) in [5.41, 5.74) is 4.05. The van der Waals surface area contributed by atoms with Crippen molar-refractivity contribution in [3.05, 3.63) is 47.7 Å². The van der Waals surface area contributed by atoms with Gasteiger partial charge in [0.05, 0.1) is 22.3 Å². The quantitative estimate of drug-likeness (QED) is 0.760. The predicted octanol–water partition coefficient (Wildman–Crippen LogP) is 2.77. The number of benzene rings is 1. The van der Waals surface area contributed by atoms with Gasteiger partial charge in [-0.15, -0.1) is 0 Å². The first-order chi connectivity index (χ1) is 13.0. The van der Waals surface area contributed by atoms with E-state index in [1.807, 2.05) is 55.3 Å². The molecule has 0 saturated carbocycles. The van der Waals surface area contributed by atoms with Gasteiger partial charge in [0.15, 0.2) is 5.65 Å². The molecule has 1 N–H and O–H groups in total. The molecule has 1 saturated heterocycles. The summed E-state index contributed by atoms with van der Waals surface area (Å²) >= 11 is 0. The lowest BCUT2D eigenvalue weighted by molar-refractivity contribution is 0.0605. The fourth-order valence-electron chi connectivity index (χ4n) is 3.87. The highest BCUT2D eigenvalue weighted by Crippen LogP contribution is 2.28. The van der Waals surface area contributed by atoms with Gasteiger partial charge >= 0.3 is 0 Å². The van der Waals surface area contributed by atoms with E-state index in [0.717, 1.165) is 34.5 Å². The summed E-state index contributed by atoms with van der Waals surface area (Å²) in [7, 11) is 1.88. The third-order valence-electron chi connectivity index (χ3n) is 5.56. The summed E-state index contributed by atoms with van der Waals surface area (Å²) in [6.45, 7) is 7.67. The normalized spacial score (nSPS) is 20.2. The second-order valence-electron chi connectivity index (χ2n) is 7.31. The first-order valence-electron chi connectivity index (χ1n) is 9.41. The maximum absolute atomic E-state index is 13.5. The van der Waals surface area contributed by atoms with Gasteiger partial charge in [-0.3, -0.25) is 9.48 Å². The minimum Gasteiger partial charge on any atom is -0.333 e. The van der Waals surface area contributed by atoms with Crippen LogP contribution in [-0.4, -0.2) is 50.7 Å². The van der Waals surface area contributed by atoms with Crippen LogP contribution >= 0.6 is 0 Å². The van der Waals surface area contributed by atoms with E-state index in [1.165, 1.54) is 0 Å². The smallest absolute Gasteiger partial charge is 0.255 e. The highest BCUT2D eigenvalue weighted by molar-refractivity contribution is 6.07. The number of nitrogens with zero attached hydrogens (tertiary/aromatic N) is 4. The number of nitrogens with one attached hydrogen (secondary N) is 1. The maximum Gasteiger partial charge on any atom is 0.255 e. The highest BCUT2D eigenvalue weighted by atomic mass is 16.2. The highest BCUT2D eigenvalue weighted by Gasteiger charge is 2.31. The van der Waals surface area contributed by atoms with Gasteiger partial charge in [-0.25, -0.2) is 4.98 Å². The van der Waals surface area contributed by atoms with Gasteiger partial charge in [0, 0.05) is 37.8 Å². The van der Waals surface area contributed by atoms with E-state index in [-0.39, 0.29) is 18.0 Å². The fraction of sp³-hybridized carbons (Fsp3) is 0.381. The minimum absolute atomic E-state index is 0.0523. The van der Waals surface area contributed by atoms with Crippen LogP contribution in [0.1, 0.15) is 29.9 Å². The fourth-order valence-corrected chi connectivity index (χ4v) is 3.87. The molecule has 2 aromatic heterocycles. The molecule has 1 aliphatic heterocycles. The standard InChI is InChI=1S/C21H25N5O/c1-13-15(3)26(11-10-22-13)21(27)17-12-18(16-8-6-5-7-9-16)23-20-19(17)14(2)24-25(20)4/h5-9,12-13,15,22H,10-11H2,1-4H3. The van der Waals surface area contributed by atoms with Crippen molar-refractivity contribution in [3.63, 3.8) is 0 Å². The van der Waals surface area contributed by atoms with Crippen molar-refractivity contribution >= 4 is 16.9 Å². The zero-order valence-corrected chi connectivity index (χ0v) is 16.2. The number of rotatable bonds is 2. The molecule has 2 atom stereocenters. The monoisotopic (exact) mass is 363 g/mol. The molecular weight excluding hydrogens is 338 g/mol. The van der Waals surface area contributed by atoms with Gasteiger partial charge in [0.25, 0.3) is 5.91 Å². The first-order valence-corrected chi connectivity index (χ1v) is 9.41. The van der Waals surface area contributed by atoms with E-state index >= 15 is 0 Å². The molecule has 3 aromatic rings. The molecule has 1 aliphatic rings. The molecule has 1 amide bonds. The van der Waals surface area contributed by atoms with Gasteiger partial charge in [0.2, 0.25) is 0 Å². The van der Waals surface area contributed by atoms with E-state index in [4.69, 9.17) is 4.98 Å². The summed E-state index contributed by atoms with van der Waals surface area (Å²) in [5, 5.41) is 8.80. The van der Waals surface area contributed by atoms with Crippen LogP contribution in [0.4, 0.5) is 0 Å². The van der Waals surface area contributed by atoms with Crippen LogP contribution in [0.5, 0.6) is 0 Å². The molecule has 0 radical (unpaired) electrons. The van der Waals surface area contributed by atoms with Gasteiger partial charge in [-0.05, 0) is 26.8 Å². The Bertz CT molecular complexity index is 995. The Morgan fingerprint density at radius 2 is 1.96 bits per heavy atom. The molecule has 27 heavy (non-hydrogen) atoms. The number of carbonyl (C=O) groups excluding carboxylic acids is 1. The van der Waals surface area contributed by atoms with Gasteiger partial charge < -0.3 is 10.2 Å². The number of hydrogen-bond acceptors (Lipinski definition) is 4. The molecule has 2 unspecified atom stereocenters. The Balaban J connectivity index is 1.89. The lowest BCUT2D eigenvalue weighted by Gasteiger charge is -2.38. The molecule has 140 valence electrons. The zero-order chi connectivity index (χ0) is 19.1. The minimum atomic E-state index is 0.0523. The van der Waals surface area contributed by atoms with Crippen molar-refractivity contribution in [1.82, 2.24) is 25.0 Å². The summed E-state index contributed by atoms with van der Waals surface area (Å²) in [6.07, 6.45) is 0. The molecular formula is C21H25N5O. The Morgan fingerprint density at radius 3 is 2.70 bits per heavy atom. The van der Waals surface area contributed by atoms with Crippen LogP contribution in [0, 0.1) is 6.92 Å². The number of carbonyl (C=O) groups is 1. The number of aryl methyl sites for hydroxylation is 2. The molecule has 0 aliphatic carbocycles. The van der Waals surface area contributed by atoms with Crippen molar-refractivity contribution < 1.29 is 4.79 Å². The molecule has 0 bridgehead atoms. The largest absolute Gasteiger partial charge is 0.333 e. The van der Waals surface area contributed by atoms with Crippen molar-refractivity contribution in [1.29, 1.82) is 0 Å². The second kappa shape index (κ2) is 6.78. The second-order valence-corrected chi connectivity index (χ2v) is 7.31. The molecule has 3 heterocycles. The average molecular weight is 363 g/mol. The Morgan fingerprint density at radius 1 is 1.22 bits per heavy atom. The van der Waals surface area contributed by atoms with Crippen LogP contribution in [-0.2, 0) is 7.05 Å². The maximum atomic E-state index is 13.5. The van der Waals surface area contributed by atoms with E-state index in [2.05, 4.69) is 24.3 Å². The third kappa shape index (κ3) is 3.00. The number of hydrogen-bond donors (Lipinski definition) is 1. The van der Waals surface area contributed by atoms with E-state index in [1.54, 1.807) is 4.68 Å². The Labute approximate surface area is 159 Å². The number of aromatic nitrogens is 3. The lowest BCUT2D eigenvalue weighted by atomic mass is 10.0. The number of fused-ring (bicyclic) bond motifs is 1. The zero-order valence-electron chi connectivity index (χ0n) is 16.2. The molecule has 4 rings (SSSR count). The predicted molar refractivity (Wildman–Crippen MR) is 107 cm³/mol. The summed E-state index contributed by atoms with van der Waals surface area (Å²) in [6, 6.07) is 12.3. The van der Waals surface area contributed by atoms with Crippen LogP contribution in [0.3, 0.4) is 0 Å². The molecule has 1 fully saturated rings. The van der Waals surface area contributed by atoms with E-state index in [0.29, 0.717) is 12.1 Å². The summed E-state index contributed by atoms with van der Waals surface area (Å²) < 4.78 is 1.76. The third-order valence-corrected chi connectivity index (χ3v) is 5.56. The molecule has 1 aromatic carbocycles. The van der Waals surface area contributed by atoms with Crippen molar-refractivity contribution in [2.45, 2.75) is 32.9 Å². The molecule has 6 nitrogen and oxygen atoms in total. The van der Waals surface area contributed by atoms with Gasteiger partial charge in [-0.1, -0.05) is 30.3 Å². The molecule has 6 heteroatoms. The van der Waals surface area contributed by atoms with Crippen LogP contribution in [0.25, 0.3) is 22.3 Å². The van der Waals surface area contributed by atoms with E-state index < -0.39 is 0 Å². The summed E-state index contributed by atoms with van der Waals surface area (Å²) in [4.78, 5) is 20.3. The number of piperazine rings is 1. The average Bonchev–Trinajstić information content (AvgIpc) is 2.97. The first kappa shape index (κ1) is 17.7. The van der Waals surface area contributed by atoms with Crippen LogP contribution < -0.4 is 5.32 Å². The van der Waals surface area contributed by atoms with E-state index in [9.17, 15) is 4.79 Å². The van der Waals surface area contributed by atoms with Gasteiger partial charge in [0.1, 0.15) is 0 Å². The number of pyridine rings is 1. The van der Waals surface area contributed by atoms with Gasteiger partial charge in [-0.2, -0.15) is 5.10 Å². The Hall–Kier alpha value is -2.73. The van der Waals surface area contributed by atoms with Crippen LogP contribution in [0.15, 0.2) is 36.4 Å². The van der Waals surface area contributed by atoms with Crippen molar-refractivity contribution in [3.8, 4) is 11.3 Å². The number of amides is 1. The topological polar surface area (TPSA) is 63.1 Å². The SMILES string of the molecule is Cc1nn(C)c2nc(-c3ccccc3)cc(C(=O)N3CCNC(C)C3C)c12. The molecule has 0 spiro atoms. The Kier molecular flexibility index (Phi) is 4.44. The van der Waals surface area contributed by atoms with Crippen molar-refractivity contribution in [2.24, 2.45) is 7.05 Å². The van der Waals surface area contributed by atoms with Crippen LogP contribution in [0.2, 0.25) is 0 Å². The van der Waals surface area contributed by atoms with Crippen molar-refractivity contribution in [2.75, 3.05) is 13.1 Å².